The number of carbonyl (C=O) groups excluding carboxylic acids is 1. The van der Waals surface area contributed by atoms with Crippen LogP contribution in [0.3, 0.4) is 0 Å². The van der Waals surface area contributed by atoms with Gasteiger partial charge < -0.3 is 9.80 Å². The number of alkyl halides is 3. The summed E-state index contributed by atoms with van der Waals surface area (Å²) in [6.07, 6.45) is 0.843. The maximum atomic E-state index is 13.3. The molecule has 0 atom stereocenters. The van der Waals surface area contributed by atoms with Gasteiger partial charge in [-0.05, 0) is 56.0 Å². The van der Waals surface area contributed by atoms with E-state index in [-0.39, 0.29) is 11.7 Å². The third-order valence-corrected chi connectivity index (χ3v) is 7.13. The van der Waals surface area contributed by atoms with Crippen LogP contribution in [-0.2, 0) is 19.0 Å². The number of anilines is 1. The van der Waals surface area contributed by atoms with E-state index in [9.17, 15) is 18.0 Å². The highest BCUT2D eigenvalue weighted by molar-refractivity contribution is 5.94. The summed E-state index contributed by atoms with van der Waals surface area (Å²) in [5.74, 6) is 1.03. The molecule has 1 fully saturated rings. The zero-order valence-electron chi connectivity index (χ0n) is 22.3. The Morgan fingerprint density at radius 2 is 1.66 bits per heavy atom. The van der Waals surface area contributed by atoms with Gasteiger partial charge in [0.2, 0.25) is 0 Å². The highest BCUT2D eigenvalue weighted by atomic mass is 19.4. The van der Waals surface area contributed by atoms with Crippen molar-refractivity contribution in [1.82, 2.24) is 14.9 Å². The van der Waals surface area contributed by atoms with Crippen molar-refractivity contribution < 1.29 is 18.0 Å². The van der Waals surface area contributed by atoms with Gasteiger partial charge in [0.15, 0.2) is 5.82 Å². The molecular formula is C30H35F3N4O. The van der Waals surface area contributed by atoms with E-state index >= 15 is 0 Å². The normalized spacial score (nSPS) is 14.2. The molecule has 3 aromatic rings. The van der Waals surface area contributed by atoms with E-state index in [1.807, 2.05) is 43.0 Å². The van der Waals surface area contributed by atoms with E-state index < -0.39 is 11.7 Å². The third kappa shape index (κ3) is 6.34. The Bertz CT molecular complexity index is 1250. The largest absolute Gasteiger partial charge is 0.416 e. The second kappa shape index (κ2) is 12.0. The van der Waals surface area contributed by atoms with Gasteiger partial charge in [0, 0.05) is 48.6 Å². The lowest BCUT2D eigenvalue weighted by molar-refractivity contribution is -0.137. The molecular weight excluding hydrogens is 489 g/mol. The predicted molar refractivity (Wildman–Crippen MR) is 144 cm³/mol. The first-order chi connectivity index (χ1) is 18.2. The number of halogens is 3. The number of aromatic nitrogens is 2. The van der Waals surface area contributed by atoms with Crippen molar-refractivity contribution >= 4 is 11.7 Å². The monoisotopic (exact) mass is 524 g/mol. The van der Waals surface area contributed by atoms with Crippen LogP contribution in [0, 0.1) is 6.92 Å². The SMILES string of the molecule is CCCCCc1ccc(C(=O)N2CCN(c3nc(-c4cccc(C(F)(F)F)c4)nc(C)c3CC)CC2)cc1. The van der Waals surface area contributed by atoms with Gasteiger partial charge in [0.05, 0.1) is 5.56 Å². The number of unbranched alkanes of at least 4 members (excludes halogenated alkanes) is 2. The van der Waals surface area contributed by atoms with E-state index in [2.05, 4.69) is 16.8 Å². The maximum Gasteiger partial charge on any atom is 0.416 e. The molecule has 1 saturated heterocycles. The Morgan fingerprint density at radius 3 is 2.29 bits per heavy atom. The minimum atomic E-state index is -4.44. The summed E-state index contributed by atoms with van der Waals surface area (Å²) in [4.78, 5) is 26.4. The van der Waals surface area contributed by atoms with Crippen molar-refractivity contribution in [2.75, 3.05) is 31.1 Å². The van der Waals surface area contributed by atoms with Crippen molar-refractivity contribution in [3.05, 3.63) is 76.5 Å². The summed E-state index contributed by atoms with van der Waals surface area (Å²) >= 11 is 0. The number of amides is 1. The quantitative estimate of drug-likeness (QED) is 0.307. The Labute approximate surface area is 222 Å². The van der Waals surface area contributed by atoms with E-state index in [4.69, 9.17) is 4.98 Å². The highest BCUT2D eigenvalue weighted by Gasteiger charge is 2.31. The average Bonchev–Trinajstić information content (AvgIpc) is 2.92. The molecule has 1 aliphatic rings. The molecule has 1 amide bonds. The minimum Gasteiger partial charge on any atom is -0.353 e. The molecule has 5 nitrogen and oxygen atoms in total. The predicted octanol–water partition coefficient (Wildman–Crippen LogP) is 6.73. The van der Waals surface area contributed by atoms with Crippen LogP contribution >= 0.6 is 0 Å². The number of nitrogens with zero attached hydrogens (tertiary/aromatic N) is 4. The zero-order chi connectivity index (χ0) is 27.3. The number of aryl methyl sites for hydroxylation is 2. The fourth-order valence-corrected chi connectivity index (χ4v) is 4.92. The smallest absolute Gasteiger partial charge is 0.353 e. The van der Waals surface area contributed by atoms with Crippen LogP contribution in [0.25, 0.3) is 11.4 Å². The van der Waals surface area contributed by atoms with Gasteiger partial charge in [0.1, 0.15) is 5.82 Å². The zero-order valence-corrected chi connectivity index (χ0v) is 22.3. The van der Waals surface area contributed by atoms with Crippen LogP contribution in [0.1, 0.15) is 65.9 Å². The fraction of sp³-hybridized carbons (Fsp3) is 0.433. The third-order valence-electron chi connectivity index (χ3n) is 7.13. The summed E-state index contributed by atoms with van der Waals surface area (Å²) < 4.78 is 39.8. The van der Waals surface area contributed by atoms with E-state index in [1.54, 1.807) is 6.07 Å². The molecule has 0 saturated carbocycles. The summed E-state index contributed by atoms with van der Waals surface area (Å²) in [5.41, 5.74) is 3.28. The van der Waals surface area contributed by atoms with Crippen LogP contribution in [0.2, 0.25) is 0 Å². The van der Waals surface area contributed by atoms with Crippen molar-refractivity contribution in [3.8, 4) is 11.4 Å². The van der Waals surface area contributed by atoms with E-state index in [1.165, 1.54) is 24.5 Å². The lowest BCUT2D eigenvalue weighted by Crippen LogP contribution is -2.49. The number of benzene rings is 2. The van der Waals surface area contributed by atoms with Crippen molar-refractivity contribution in [1.29, 1.82) is 0 Å². The molecule has 0 aliphatic carbocycles. The molecule has 1 aromatic heterocycles. The molecule has 202 valence electrons. The van der Waals surface area contributed by atoms with Crippen LogP contribution < -0.4 is 4.90 Å². The van der Waals surface area contributed by atoms with E-state index in [0.29, 0.717) is 43.7 Å². The van der Waals surface area contributed by atoms with Crippen LogP contribution in [0.4, 0.5) is 19.0 Å². The van der Waals surface area contributed by atoms with Crippen LogP contribution in [0.5, 0.6) is 0 Å². The summed E-state index contributed by atoms with van der Waals surface area (Å²) in [5, 5.41) is 0. The number of hydrogen-bond donors (Lipinski definition) is 0. The van der Waals surface area contributed by atoms with Gasteiger partial charge >= 0.3 is 6.18 Å². The molecule has 2 aromatic carbocycles. The molecule has 0 bridgehead atoms. The summed E-state index contributed by atoms with van der Waals surface area (Å²) in [7, 11) is 0. The molecule has 0 unspecified atom stereocenters. The van der Waals surface area contributed by atoms with Gasteiger partial charge in [-0.25, -0.2) is 9.97 Å². The molecule has 0 radical (unpaired) electrons. The minimum absolute atomic E-state index is 0.0176. The van der Waals surface area contributed by atoms with E-state index in [0.717, 1.165) is 42.0 Å². The lowest BCUT2D eigenvalue weighted by Gasteiger charge is -2.36. The summed E-state index contributed by atoms with van der Waals surface area (Å²) in [6.45, 7) is 8.34. The molecule has 8 heteroatoms. The second-order valence-electron chi connectivity index (χ2n) is 9.80. The number of rotatable bonds is 8. The first-order valence-electron chi connectivity index (χ1n) is 13.4. The Morgan fingerprint density at radius 1 is 0.947 bits per heavy atom. The van der Waals surface area contributed by atoms with Crippen molar-refractivity contribution in [2.45, 2.75) is 59.1 Å². The molecule has 38 heavy (non-hydrogen) atoms. The van der Waals surface area contributed by atoms with Crippen LogP contribution in [0.15, 0.2) is 48.5 Å². The maximum absolute atomic E-state index is 13.3. The van der Waals surface area contributed by atoms with Gasteiger partial charge in [-0.15, -0.1) is 0 Å². The van der Waals surface area contributed by atoms with Crippen LogP contribution in [-0.4, -0.2) is 47.0 Å². The standard InChI is InChI=1S/C30H35F3N4O/c1-4-6-7-9-22-12-14-23(15-13-22)29(38)37-18-16-36(17-19-37)28-26(5-2)21(3)34-27(35-28)24-10-8-11-25(20-24)30(31,32)33/h8,10-15,20H,4-7,9,16-19H2,1-3H3. The number of piperazine rings is 1. The molecule has 0 spiro atoms. The molecule has 2 heterocycles. The first kappa shape index (κ1) is 27.6. The van der Waals surface area contributed by atoms with Gasteiger partial charge in [0.25, 0.3) is 5.91 Å². The first-order valence-corrected chi connectivity index (χ1v) is 13.4. The van der Waals surface area contributed by atoms with Gasteiger partial charge in [-0.2, -0.15) is 13.2 Å². The number of carbonyl (C=O) groups is 1. The fourth-order valence-electron chi connectivity index (χ4n) is 4.92. The molecule has 1 aliphatic heterocycles. The van der Waals surface area contributed by atoms with Crippen molar-refractivity contribution in [2.24, 2.45) is 0 Å². The summed E-state index contributed by atoms with van der Waals surface area (Å²) in [6, 6.07) is 13.1. The van der Waals surface area contributed by atoms with Gasteiger partial charge in [-0.3, -0.25) is 4.79 Å². The van der Waals surface area contributed by atoms with Gasteiger partial charge in [-0.1, -0.05) is 51.0 Å². The Hall–Kier alpha value is -3.42. The second-order valence-corrected chi connectivity index (χ2v) is 9.80. The Balaban J connectivity index is 1.48. The number of hydrogen-bond acceptors (Lipinski definition) is 4. The highest BCUT2D eigenvalue weighted by Crippen LogP contribution is 2.33. The lowest BCUT2D eigenvalue weighted by atomic mass is 10.0. The topological polar surface area (TPSA) is 49.3 Å². The Kier molecular flexibility index (Phi) is 8.69. The average molecular weight is 525 g/mol. The van der Waals surface area contributed by atoms with Crippen molar-refractivity contribution in [3.63, 3.8) is 0 Å². The molecule has 0 N–H and O–H groups in total. The molecule has 4 rings (SSSR count).